The molecule has 3 nitrogen and oxygen atoms in total. The highest BCUT2D eigenvalue weighted by atomic mass is 32.1. The molecule has 2 heterocycles. The van der Waals surface area contributed by atoms with E-state index in [1.807, 2.05) is 54.5 Å². The maximum atomic E-state index is 12.5. The van der Waals surface area contributed by atoms with Crippen molar-refractivity contribution >= 4 is 27.9 Å². The predicted molar refractivity (Wildman–Crippen MR) is 75.4 cm³/mol. The van der Waals surface area contributed by atoms with Gasteiger partial charge in [-0.15, -0.1) is 11.3 Å². The van der Waals surface area contributed by atoms with E-state index < -0.39 is 0 Å². The Hall–Kier alpha value is -1.81. The summed E-state index contributed by atoms with van der Waals surface area (Å²) in [7, 11) is 0. The van der Waals surface area contributed by atoms with E-state index in [1.54, 1.807) is 11.3 Å². The standard InChI is InChI=1S/C14H14N2OS/c1-9-5-3-4-6-12(9)16-10(2)15-13-11(14(16)17)7-8-18-13/h3-8,10,15H,1-2H3/t10-/m1/s1. The molecular formula is C14H14N2OS. The third kappa shape index (κ3) is 1.61. The summed E-state index contributed by atoms with van der Waals surface area (Å²) in [5, 5.41) is 6.29. The Morgan fingerprint density at radius 3 is 2.83 bits per heavy atom. The summed E-state index contributed by atoms with van der Waals surface area (Å²) >= 11 is 1.58. The maximum Gasteiger partial charge on any atom is 0.262 e. The highest BCUT2D eigenvalue weighted by Crippen LogP contribution is 2.34. The number of carbonyl (C=O) groups is 1. The Kier molecular flexibility index (Phi) is 2.59. The topological polar surface area (TPSA) is 32.3 Å². The number of nitrogens with zero attached hydrogens (tertiary/aromatic N) is 1. The van der Waals surface area contributed by atoms with Crippen LogP contribution < -0.4 is 10.2 Å². The van der Waals surface area contributed by atoms with Crippen LogP contribution in [0.1, 0.15) is 22.8 Å². The molecule has 0 radical (unpaired) electrons. The normalized spacial score (nSPS) is 18.4. The molecule has 0 saturated carbocycles. The van der Waals surface area contributed by atoms with Gasteiger partial charge in [-0.05, 0) is 36.9 Å². The van der Waals surface area contributed by atoms with Gasteiger partial charge in [-0.3, -0.25) is 9.69 Å². The van der Waals surface area contributed by atoms with Crippen LogP contribution >= 0.6 is 11.3 Å². The van der Waals surface area contributed by atoms with E-state index in [4.69, 9.17) is 0 Å². The van der Waals surface area contributed by atoms with Gasteiger partial charge in [0.15, 0.2) is 0 Å². The third-order valence-corrected chi connectivity index (χ3v) is 4.06. The van der Waals surface area contributed by atoms with Gasteiger partial charge in [0.25, 0.3) is 5.91 Å². The number of thiophene rings is 1. The fourth-order valence-corrected chi connectivity index (χ4v) is 3.16. The minimum atomic E-state index is -0.0234. The smallest absolute Gasteiger partial charge is 0.262 e. The molecule has 1 amide bonds. The number of carbonyl (C=O) groups excluding carboxylic acids is 1. The monoisotopic (exact) mass is 258 g/mol. The van der Waals surface area contributed by atoms with Crippen molar-refractivity contribution in [3.63, 3.8) is 0 Å². The molecule has 1 aromatic heterocycles. The molecule has 0 fully saturated rings. The highest BCUT2D eigenvalue weighted by Gasteiger charge is 2.31. The zero-order valence-corrected chi connectivity index (χ0v) is 11.1. The van der Waals surface area contributed by atoms with E-state index >= 15 is 0 Å². The zero-order valence-electron chi connectivity index (χ0n) is 10.3. The van der Waals surface area contributed by atoms with Crippen LogP contribution in [0.4, 0.5) is 10.7 Å². The van der Waals surface area contributed by atoms with Crippen LogP contribution in [-0.4, -0.2) is 12.1 Å². The Morgan fingerprint density at radius 2 is 2.06 bits per heavy atom. The number of benzene rings is 1. The minimum Gasteiger partial charge on any atom is -0.356 e. The molecule has 2 aromatic rings. The number of rotatable bonds is 1. The van der Waals surface area contributed by atoms with Crippen molar-refractivity contribution in [3.05, 3.63) is 46.8 Å². The molecule has 1 aliphatic rings. The molecule has 0 bridgehead atoms. The number of nitrogens with one attached hydrogen (secondary N) is 1. The fourth-order valence-electron chi connectivity index (χ4n) is 2.30. The first-order valence-electron chi connectivity index (χ1n) is 5.91. The van der Waals surface area contributed by atoms with Crippen molar-refractivity contribution in [3.8, 4) is 0 Å². The van der Waals surface area contributed by atoms with E-state index in [0.29, 0.717) is 0 Å². The van der Waals surface area contributed by atoms with E-state index in [0.717, 1.165) is 21.8 Å². The number of para-hydroxylation sites is 1. The zero-order chi connectivity index (χ0) is 12.7. The van der Waals surface area contributed by atoms with Crippen molar-refractivity contribution in [1.29, 1.82) is 0 Å². The van der Waals surface area contributed by atoms with Gasteiger partial charge in [0.1, 0.15) is 11.2 Å². The molecule has 18 heavy (non-hydrogen) atoms. The van der Waals surface area contributed by atoms with Gasteiger partial charge in [0.05, 0.1) is 5.56 Å². The first kappa shape index (κ1) is 11.3. The second-order valence-corrected chi connectivity index (χ2v) is 5.36. The van der Waals surface area contributed by atoms with Gasteiger partial charge < -0.3 is 5.32 Å². The first-order valence-corrected chi connectivity index (χ1v) is 6.79. The minimum absolute atomic E-state index is 0.0234. The van der Waals surface area contributed by atoms with Gasteiger partial charge in [-0.2, -0.15) is 0 Å². The summed E-state index contributed by atoms with van der Waals surface area (Å²) in [4.78, 5) is 14.4. The summed E-state index contributed by atoms with van der Waals surface area (Å²) in [5.74, 6) is 0.0757. The molecule has 4 heteroatoms. The number of hydrogen-bond acceptors (Lipinski definition) is 3. The Balaban J connectivity index is 2.09. The predicted octanol–water partition coefficient (Wildman–Crippen LogP) is 3.47. The van der Waals surface area contributed by atoms with Gasteiger partial charge in [-0.25, -0.2) is 0 Å². The van der Waals surface area contributed by atoms with Crippen molar-refractivity contribution in [2.24, 2.45) is 0 Å². The molecule has 0 spiro atoms. The van der Waals surface area contributed by atoms with Gasteiger partial charge >= 0.3 is 0 Å². The van der Waals surface area contributed by atoms with E-state index in [9.17, 15) is 4.79 Å². The molecular weight excluding hydrogens is 244 g/mol. The second kappa shape index (κ2) is 4.14. The SMILES string of the molecule is Cc1ccccc1N1C(=O)c2ccsc2N[C@H]1C. The molecule has 0 saturated heterocycles. The van der Waals surface area contributed by atoms with Crippen LogP contribution in [-0.2, 0) is 0 Å². The quantitative estimate of drug-likeness (QED) is 0.849. The number of hydrogen-bond donors (Lipinski definition) is 1. The van der Waals surface area contributed by atoms with Crippen LogP contribution in [0.25, 0.3) is 0 Å². The van der Waals surface area contributed by atoms with Crippen molar-refractivity contribution in [1.82, 2.24) is 0 Å². The fraction of sp³-hybridized carbons (Fsp3) is 0.214. The van der Waals surface area contributed by atoms with Crippen LogP contribution in [0.15, 0.2) is 35.7 Å². The largest absolute Gasteiger partial charge is 0.356 e. The van der Waals surface area contributed by atoms with Gasteiger partial charge in [-0.1, -0.05) is 18.2 Å². The van der Waals surface area contributed by atoms with E-state index in [-0.39, 0.29) is 12.1 Å². The average Bonchev–Trinajstić information content (AvgIpc) is 2.79. The Bertz CT molecular complexity index is 605. The van der Waals surface area contributed by atoms with Crippen LogP contribution in [0.2, 0.25) is 0 Å². The molecule has 0 aliphatic carbocycles. The lowest BCUT2D eigenvalue weighted by Crippen LogP contribution is -2.47. The number of anilines is 2. The maximum absolute atomic E-state index is 12.5. The number of amides is 1. The number of aryl methyl sites for hydroxylation is 1. The van der Waals surface area contributed by atoms with E-state index in [2.05, 4.69) is 5.32 Å². The first-order chi connectivity index (χ1) is 8.68. The lowest BCUT2D eigenvalue weighted by Gasteiger charge is -2.35. The van der Waals surface area contributed by atoms with Crippen molar-refractivity contribution < 1.29 is 4.79 Å². The van der Waals surface area contributed by atoms with Crippen LogP contribution in [0, 0.1) is 6.92 Å². The Morgan fingerprint density at radius 1 is 1.28 bits per heavy atom. The molecule has 1 atom stereocenters. The average molecular weight is 258 g/mol. The van der Waals surface area contributed by atoms with Crippen molar-refractivity contribution in [2.45, 2.75) is 20.0 Å². The molecule has 1 aromatic carbocycles. The van der Waals surface area contributed by atoms with E-state index in [1.165, 1.54) is 0 Å². The molecule has 3 rings (SSSR count). The Labute approximate surface area is 110 Å². The summed E-state index contributed by atoms with van der Waals surface area (Å²) in [6.07, 6.45) is -0.0234. The summed E-state index contributed by atoms with van der Waals surface area (Å²) in [6, 6.07) is 9.85. The molecule has 0 unspecified atom stereocenters. The highest BCUT2D eigenvalue weighted by molar-refractivity contribution is 7.14. The number of fused-ring (bicyclic) bond motifs is 1. The molecule has 92 valence electrons. The lowest BCUT2D eigenvalue weighted by atomic mass is 10.1. The third-order valence-electron chi connectivity index (χ3n) is 3.22. The van der Waals surface area contributed by atoms with Crippen LogP contribution in [0.3, 0.4) is 0 Å². The van der Waals surface area contributed by atoms with Crippen molar-refractivity contribution in [2.75, 3.05) is 10.2 Å². The van der Waals surface area contributed by atoms with Gasteiger partial charge in [0, 0.05) is 5.69 Å². The second-order valence-electron chi connectivity index (χ2n) is 4.45. The summed E-state index contributed by atoms with van der Waals surface area (Å²) in [5.41, 5.74) is 2.85. The van der Waals surface area contributed by atoms with Crippen LogP contribution in [0.5, 0.6) is 0 Å². The summed E-state index contributed by atoms with van der Waals surface area (Å²) < 4.78 is 0. The molecule has 1 aliphatic heterocycles. The molecule has 1 N–H and O–H groups in total. The lowest BCUT2D eigenvalue weighted by molar-refractivity contribution is 0.0977. The van der Waals surface area contributed by atoms with Gasteiger partial charge in [0.2, 0.25) is 0 Å². The summed E-state index contributed by atoms with van der Waals surface area (Å²) in [6.45, 7) is 4.03.